The first-order chi connectivity index (χ1) is 6.55. The normalized spacial score (nSPS) is 34.5. The summed E-state index contributed by atoms with van der Waals surface area (Å²) in [6, 6.07) is 0.624. The van der Waals surface area contributed by atoms with E-state index in [1.165, 1.54) is 12.8 Å². The molecule has 0 aliphatic heterocycles. The Morgan fingerprint density at radius 2 is 1.50 bits per heavy atom. The second-order valence-corrected chi connectivity index (χ2v) is 4.55. The first-order valence-corrected chi connectivity index (χ1v) is 5.38. The van der Waals surface area contributed by atoms with Crippen molar-refractivity contribution in [1.82, 2.24) is 5.32 Å². The van der Waals surface area contributed by atoms with E-state index in [0.717, 1.165) is 12.8 Å². The zero-order valence-corrected chi connectivity index (χ0v) is 8.11. The van der Waals surface area contributed by atoms with Crippen LogP contribution in [-0.2, 0) is 0 Å². The van der Waals surface area contributed by atoms with Gasteiger partial charge in [-0.25, -0.2) is 0 Å². The summed E-state index contributed by atoms with van der Waals surface area (Å²) in [6.45, 7) is 0. The predicted octanol–water partition coefficient (Wildman–Crippen LogP) is 2.86. The maximum atomic E-state index is 12.2. The van der Waals surface area contributed by atoms with E-state index >= 15 is 0 Å². The molecule has 1 N–H and O–H groups in total. The van der Waals surface area contributed by atoms with Crippen molar-refractivity contribution in [3.05, 3.63) is 0 Å². The van der Waals surface area contributed by atoms with Crippen molar-refractivity contribution in [1.29, 1.82) is 0 Å². The van der Waals surface area contributed by atoms with E-state index in [0.29, 0.717) is 18.9 Å². The van der Waals surface area contributed by atoms with E-state index < -0.39 is 12.1 Å². The third-order valence-electron chi connectivity index (χ3n) is 3.43. The largest absolute Gasteiger partial charge is 0.391 e. The molecule has 0 aromatic heterocycles. The summed E-state index contributed by atoms with van der Waals surface area (Å²) in [5.41, 5.74) is 0. The monoisotopic (exact) mass is 207 g/mol. The highest BCUT2D eigenvalue weighted by Gasteiger charge is 2.48. The second kappa shape index (κ2) is 3.72. The van der Waals surface area contributed by atoms with Crippen LogP contribution in [-0.4, -0.2) is 18.3 Å². The smallest absolute Gasteiger partial charge is 0.311 e. The van der Waals surface area contributed by atoms with Gasteiger partial charge in [-0.15, -0.1) is 0 Å². The van der Waals surface area contributed by atoms with E-state index in [1.807, 2.05) is 0 Å². The van der Waals surface area contributed by atoms with Gasteiger partial charge in [-0.05, 0) is 25.7 Å². The lowest BCUT2D eigenvalue weighted by molar-refractivity contribution is -0.199. The molecule has 0 aromatic rings. The van der Waals surface area contributed by atoms with E-state index in [2.05, 4.69) is 5.32 Å². The van der Waals surface area contributed by atoms with Crippen molar-refractivity contribution in [2.24, 2.45) is 5.92 Å². The Kier molecular flexibility index (Phi) is 2.73. The molecule has 0 aromatic carbocycles. The van der Waals surface area contributed by atoms with Crippen molar-refractivity contribution < 1.29 is 13.2 Å². The summed E-state index contributed by atoms with van der Waals surface area (Å²) in [4.78, 5) is 0. The summed E-state index contributed by atoms with van der Waals surface area (Å²) in [7, 11) is 0. The van der Waals surface area contributed by atoms with Gasteiger partial charge in [0.05, 0.1) is 5.92 Å². The molecule has 2 fully saturated rings. The first kappa shape index (κ1) is 10.3. The fourth-order valence-corrected chi connectivity index (χ4v) is 2.45. The van der Waals surface area contributed by atoms with Crippen molar-refractivity contribution in [3.8, 4) is 0 Å². The predicted molar refractivity (Wildman–Crippen MR) is 48.0 cm³/mol. The van der Waals surface area contributed by atoms with Crippen LogP contribution in [0.3, 0.4) is 0 Å². The quantitative estimate of drug-likeness (QED) is 0.734. The molecule has 0 heterocycles. The molecule has 0 radical (unpaired) electrons. The molecule has 82 valence electrons. The highest BCUT2D eigenvalue weighted by Crippen LogP contribution is 2.41. The summed E-state index contributed by atoms with van der Waals surface area (Å²) in [5, 5.41) is 3.32. The van der Waals surface area contributed by atoms with E-state index in [-0.39, 0.29) is 6.04 Å². The molecule has 0 atom stereocenters. The van der Waals surface area contributed by atoms with Crippen LogP contribution in [0.4, 0.5) is 13.2 Å². The number of hydrogen-bond donors (Lipinski definition) is 1. The molecule has 0 bridgehead atoms. The van der Waals surface area contributed by atoms with Crippen LogP contribution in [0, 0.1) is 5.92 Å². The summed E-state index contributed by atoms with van der Waals surface area (Å²) in [5.74, 6) is -1.04. The molecule has 2 aliphatic rings. The minimum absolute atomic E-state index is 0.129. The number of alkyl halides is 3. The Bertz CT molecular complexity index is 190. The highest BCUT2D eigenvalue weighted by atomic mass is 19.4. The lowest BCUT2D eigenvalue weighted by atomic mass is 9.79. The van der Waals surface area contributed by atoms with E-state index in [9.17, 15) is 13.2 Å². The molecule has 0 saturated heterocycles. The molecule has 1 nitrogen and oxygen atoms in total. The van der Waals surface area contributed by atoms with Crippen molar-refractivity contribution >= 4 is 0 Å². The van der Waals surface area contributed by atoms with Crippen LogP contribution in [0.15, 0.2) is 0 Å². The SMILES string of the molecule is FC(F)(F)C1CC(NC2CCCC2)C1. The van der Waals surface area contributed by atoms with Crippen LogP contribution in [0.25, 0.3) is 0 Å². The van der Waals surface area contributed by atoms with Gasteiger partial charge in [-0.2, -0.15) is 13.2 Å². The standard InChI is InChI=1S/C10H16F3N/c11-10(12,13)7-5-9(6-7)14-8-3-1-2-4-8/h7-9,14H,1-6H2. The molecule has 2 saturated carbocycles. The maximum Gasteiger partial charge on any atom is 0.391 e. The van der Waals surface area contributed by atoms with Gasteiger partial charge in [0.25, 0.3) is 0 Å². The van der Waals surface area contributed by atoms with Gasteiger partial charge in [0, 0.05) is 12.1 Å². The van der Waals surface area contributed by atoms with Gasteiger partial charge < -0.3 is 5.32 Å². The summed E-state index contributed by atoms with van der Waals surface area (Å²) < 4.78 is 36.5. The number of rotatable bonds is 2. The van der Waals surface area contributed by atoms with Crippen molar-refractivity contribution in [3.63, 3.8) is 0 Å². The molecule has 0 unspecified atom stereocenters. The van der Waals surface area contributed by atoms with Crippen LogP contribution >= 0.6 is 0 Å². The Morgan fingerprint density at radius 1 is 0.929 bits per heavy atom. The van der Waals surface area contributed by atoms with Gasteiger partial charge >= 0.3 is 6.18 Å². The maximum absolute atomic E-state index is 12.2. The average Bonchev–Trinajstić information content (AvgIpc) is 2.44. The van der Waals surface area contributed by atoms with Crippen LogP contribution < -0.4 is 5.32 Å². The van der Waals surface area contributed by atoms with E-state index in [4.69, 9.17) is 0 Å². The van der Waals surface area contributed by atoms with Crippen LogP contribution in [0.2, 0.25) is 0 Å². The Labute approximate surface area is 82.1 Å². The average molecular weight is 207 g/mol. The first-order valence-electron chi connectivity index (χ1n) is 5.38. The zero-order valence-electron chi connectivity index (χ0n) is 8.11. The van der Waals surface area contributed by atoms with Gasteiger partial charge in [-0.1, -0.05) is 12.8 Å². The molecular weight excluding hydrogens is 191 g/mol. The minimum Gasteiger partial charge on any atom is -0.311 e. The molecule has 2 aliphatic carbocycles. The summed E-state index contributed by atoms with van der Waals surface area (Å²) >= 11 is 0. The van der Waals surface area contributed by atoms with Gasteiger partial charge in [0.2, 0.25) is 0 Å². The van der Waals surface area contributed by atoms with E-state index in [1.54, 1.807) is 0 Å². The lowest BCUT2D eigenvalue weighted by Gasteiger charge is -2.38. The second-order valence-electron chi connectivity index (χ2n) is 4.55. The fourth-order valence-electron chi connectivity index (χ4n) is 2.45. The summed E-state index contributed by atoms with van der Waals surface area (Å²) in [6.07, 6.45) is 1.37. The van der Waals surface area contributed by atoms with Gasteiger partial charge in [-0.3, -0.25) is 0 Å². The van der Waals surface area contributed by atoms with Crippen LogP contribution in [0.1, 0.15) is 38.5 Å². The molecule has 0 spiro atoms. The fraction of sp³-hybridized carbons (Fsp3) is 1.00. The molecule has 2 rings (SSSR count). The number of hydrogen-bond acceptors (Lipinski definition) is 1. The highest BCUT2D eigenvalue weighted by molar-refractivity contribution is 4.91. The number of halogens is 3. The zero-order chi connectivity index (χ0) is 10.2. The third-order valence-corrected chi connectivity index (χ3v) is 3.43. The van der Waals surface area contributed by atoms with Crippen LogP contribution in [0.5, 0.6) is 0 Å². The molecule has 4 heteroatoms. The van der Waals surface area contributed by atoms with Crippen molar-refractivity contribution in [2.45, 2.75) is 56.8 Å². The Balaban J connectivity index is 1.67. The topological polar surface area (TPSA) is 12.0 Å². The molecule has 0 amide bonds. The third kappa shape index (κ3) is 2.22. The van der Waals surface area contributed by atoms with Crippen molar-refractivity contribution in [2.75, 3.05) is 0 Å². The number of nitrogens with one attached hydrogen (secondary N) is 1. The van der Waals surface area contributed by atoms with Gasteiger partial charge in [0.15, 0.2) is 0 Å². The molecule has 14 heavy (non-hydrogen) atoms. The van der Waals surface area contributed by atoms with Gasteiger partial charge in [0.1, 0.15) is 0 Å². The Hall–Kier alpha value is -0.250. The Morgan fingerprint density at radius 3 is 2.00 bits per heavy atom. The molecular formula is C10H16F3N. The minimum atomic E-state index is -3.96. The lowest BCUT2D eigenvalue weighted by Crippen LogP contribution is -2.49.